The number of esters is 2. The number of hydrogen-bond acceptors (Lipinski definition) is 7. The third kappa shape index (κ3) is 3.85. The molecule has 3 aliphatic rings. The lowest BCUT2D eigenvalue weighted by Crippen LogP contribution is -2.38. The molecule has 1 aliphatic carbocycles. The van der Waals surface area contributed by atoms with Crippen molar-refractivity contribution < 1.29 is 34.0 Å². The summed E-state index contributed by atoms with van der Waals surface area (Å²) in [5.74, 6) is -1.76. The van der Waals surface area contributed by atoms with Gasteiger partial charge in [-0.2, -0.15) is 0 Å². The lowest BCUT2D eigenvalue weighted by atomic mass is 9.82. The SMILES string of the molecule is C=C1C(=O)O[C@@H]2[C@@H]1[C@H](OC(=O)C(=CCO)CO)CC(C)=CCC[C@@]1(C)O[C@@H]21. The minimum Gasteiger partial charge on any atom is -0.458 e. The Balaban J connectivity index is 1.92. The molecule has 0 aromatic rings. The molecule has 0 spiro atoms. The number of hydrogen-bond donors (Lipinski definition) is 2. The van der Waals surface area contributed by atoms with E-state index in [0.29, 0.717) is 6.42 Å². The van der Waals surface area contributed by atoms with Crippen molar-refractivity contribution >= 4 is 11.9 Å². The molecule has 0 saturated carbocycles. The van der Waals surface area contributed by atoms with Gasteiger partial charge in [-0.1, -0.05) is 18.2 Å². The number of ether oxygens (including phenoxy) is 3. The molecule has 5 atom stereocenters. The van der Waals surface area contributed by atoms with Crippen LogP contribution >= 0.6 is 0 Å². The number of fused-ring (bicyclic) bond motifs is 3. The van der Waals surface area contributed by atoms with Crippen LogP contribution in [0, 0.1) is 5.92 Å². The molecule has 0 unspecified atom stereocenters. The largest absolute Gasteiger partial charge is 0.458 e. The van der Waals surface area contributed by atoms with E-state index in [0.717, 1.165) is 18.4 Å². The van der Waals surface area contributed by atoms with Crippen molar-refractivity contribution in [2.75, 3.05) is 13.2 Å². The highest BCUT2D eigenvalue weighted by Gasteiger charge is 2.63. The molecule has 0 bridgehead atoms. The molecule has 0 amide bonds. The number of carbonyl (C=O) groups excluding carboxylic acids is 2. The van der Waals surface area contributed by atoms with Crippen molar-refractivity contribution in [1.82, 2.24) is 0 Å². The van der Waals surface area contributed by atoms with Crippen LogP contribution < -0.4 is 0 Å². The molecule has 2 heterocycles. The van der Waals surface area contributed by atoms with Gasteiger partial charge in [0.1, 0.15) is 18.3 Å². The second-order valence-corrected chi connectivity index (χ2v) is 7.58. The molecule has 2 N–H and O–H groups in total. The average molecular weight is 378 g/mol. The smallest absolute Gasteiger partial charge is 0.336 e. The first-order valence-corrected chi connectivity index (χ1v) is 9.15. The fourth-order valence-electron chi connectivity index (χ4n) is 3.95. The first-order chi connectivity index (χ1) is 12.8. The zero-order chi connectivity index (χ0) is 19.8. The number of aliphatic hydroxyl groups is 2. The van der Waals surface area contributed by atoms with Crippen LogP contribution in [0.15, 0.2) is 35.5 Å². The van der Waals surface area contributed by atoms with E-state index in [4.69, 9.17) is 19.3 Å². The number of epoxide rings is 1. The van der Waals surface area contributed by atoms with Gasteiger partial charge in [0.25, 0.3) is 0 Å². The molecule has 27 heavy (non-hydrogen) atoms. The molecule has 148 valence electrons. The molecule has 0 aromatic heterocycles. The normalized spacial score (nSPS) is 36.3. The predicted octanol–water partition coefficient (Wildman–Crippen LogP) is 1.19. The fraction of sp³-hybridized carbons (Fsp3) is 0.600. The van der Waals surface area contributed by atoms with Crippen LogP contribution in [-0.2, 0) is 23.8 Å². The summed E-state index contributed by atoms with van der Waals surface area (Å²) in [4.78, 5) is 24.6. The van der Waals surface area contributed by atoms with E-state index >= 15 is 0 Å². The standard InChI is InChI=1S/C20H26O7/c1-11-5-4-7-20(3)17(27-20)16-15(12(2)18(23)26-16)14(9-11)25-19(24)13(10-22)6-8-21/h5-6,14-17,21-22H,2,4,7-10H2,1,3H3/t14-,15+,16-,17+,20-/m1/s1. The van der Waals surface area contributed by atoms with Gasteiger partial charge >= 0.3 is 11.9 Å². The van der Waals surface area contributed by atoms with Gasteiger partial charge in [-0.3, -0.25) is 0 Å². The summed E-state index contributed by atoms with van der Waals surface area (Å²) in [7, 11) is 0. The highest BCUT2D eigenvalue weighted by molar-refractivity contribution is 5.92. The Bertz CT molecular complexity index is 707. The van der Waals surface area contributed by atoms with Gasteiger partial charge in [0.2, 0.25) is 0 Å². The van der Waals surface area contributed by atoms with Crippen LogP contribution in [0.25, 0.3) is 0 Å². The van der Waals surface area contributed by atoms with E-state index in [1.165, 1.54) is 6.08 Å². The maximum absolute atomic E-state index is 12.5. The topological polar surface area (TPSA) is 106 Å². The van der Waals surface area contributed by atoms with Gasteiger partial charge in [-0.15, -0.1) is 0 Å². The van der Waals surface area contributed by atoms with Gasteiger partial charge in [0, 0.05) is 12.0 Å². The van der Waals surface area contributed by atoms with E-state index < -0.39 is 36.7 Å². The quantitative estimate of drug-likeness (QED) is 0.328. The summed E-state index contributed by atoms with van der Waals surface area (Å²) >= 11 is 0. The summed E-state index contributed by atoms with van der Waals surface area (Å²) in [6.45, 7) is 6.86. The van der Waals surface area contributed by atoms with E-state index in [1.54, 1.807) is 0 Å². The second-order valence-electron chi connectivity index (χ2n) is 7.58. The molecule has 3 rings (SSSR count). The van der Waals surface area contributed by atoms with Gasteiger partial charge in [-0.25, -0.2) is 9.59 Å². The fourth-order valence-corrected chi connectivity index (χ4v) is 3.95. The Kier molecular flexibility index (Phi) is 5.55. The first-order valence-electron chi connectivity index (χ1n) is 9.15. The lowest BCUT2D eigenvalue weighted by Gasteiger charge is -2.28. The van der Waals surface area contributed by atoms with Gasteiger partial charge < -0.3 is 24.4 Å². The number of aliphatic hydroxyl groups excluding tert-OH is 2. The molecule has 0 aromatic carbocycles. The van der Waals surface area contributed by atoms with Crippen LogP contribution in [0.5, 0.6) is 0 Å². The monoisotopic (exact) mass is 378 g/mol. The van der Waals surface area contributed by atoms with Crippen molar-refractivity contribution in [1.29, 1.82) is 0 Å². The Morgan fingerprint density at radius 3 is 2.89 bits per heavy atom. The molecular formula is C20H26O7. The highest BCUT2D eigenvalue weighted by atomic mass is 16.6. The van der Waals surface area contributed by atoms with Crippen LogP contribution in [0.2, 0.25) is 0 Å². The highest BCUT2D eigenvalue weighted by Crippen LogP contribution is 2.50. The predicted molar refractivity (Wildman–Crippen MR) is 95.5 cm³/mol. The van der Waals surface area contributed by atoms with Crippen molar-refractivity contribution in [2.45, 2.75) is 57.0 Å². The van der Waals surface area contributed by atoms with Crippen molar-refractivity contribution in [3.8, 4) is 0 Å². The van der Waals surface area contributed by atoms with Crippen molar-refractivity contribution in [3.05, 3.63) is 35.5 Å². The Morgan fingerprint density at radius 2 is 2.22 bits per heavy atom. The number of rotatable bonds is 4. The Hall–Kier alpha value is -1.96. The van der Waals surface area contributed by atoms with Gasteiger partial charge in [-0.05, 0) is 32.8 Å². The summed E-state index contributed by atoms with van der Waals surface area (Å²) in [5, 5.41) is 18.4. The molecule has 2 fully saturated rings. The summed E-state index contributed by atoms with van der Waals surface area (Å²) < 4.78 is 17.1. The lowest BCUT2D eigenvalue weighted by molar-refractivity contribution is -0.149. The Labute approximate surface area is 158 Å². The van der Waals surface area contributed by atoms with E-state index in [2.05, 4.69) is 12.7 Å². The van der Waals surface area contributed by atoms with Crippen LogP contribution in [-0.4, -0.2) is 59.3 Å². The minimum atomic E-state index is -0.730. The summed E-state index contributed by atoms with van der Waals surface area (Å²) in [6.07, 6.45) is 3.85. The molecule has 2 aliphatic heterocycles. The molecule has 7 nitrogen and oxygen atoms in total. The average Bonchev–Trinajstić information content (AvgIpc) is 3.19. The third-order valence-corrected chi connectivity index (χ3v) is 5.59. The maximum atomic E-state index is 12.5. The van der Waals surface area contributed by atoms with Gasteiger partial charge in [0.15, 0.2) is 0 Å². The summed E-state index contributed by atoms with van der Waals surface area (Å²) in [6, 6.07) is 0. The van der Waals surface area contributed by atoms with E-state index in [1.807, 2.05) is 13.8 Å². The van der Waals surface area contributed by atoms with Crippen molar-refractivity contribution in [3.63, 3.8) is 0 Å². The second kappa shape index (κ2) is 7.58. The van der Waals surface area contributed by atoms with Gasteiger partial charge in [0.05, 0.1) is 30.3 Å². The zero-order valence-electron chi connectivity index (χ0n) is 15.6. The van der Waals surface area contributed by atoms with E-state index in [-0.39, 0.29) is 29.5 Å². The van der Waals surface area contributed by atoms with Crippen LogP contribution in [0.1, 0.15) is 33.1 Å². The minimum absolute atomic E-state index is 0.0314. The number of carbonyl (C=O) groups is 2. The zero-order valence-corrected chi connectivity index (χ0v) is 15.6. The molecule has 7 heteroatoms. The molecular weight excluding hydrogens is 352 g/mol. The van der Waals surface area contributed by atoms with Crippen molar-refractivity contribution in [2.24, 2.45) is 5.92 Å². The number of allylic oxidation sites excluding steroid dienone is 1. The summed E-state index contributed by atoms with van der Waals surface area (Å²) in [5.41, 5.74) is 0.888. The maximum Gasteiger partial charge on any atom is 0.336 e. The van der Waals surface area contributed by atoms with E-state index in [9.17, 15) is 14.7 Å². The van der Waals surface area contributed by atoms with Crippen LogP contribution in [0.3, 0.4) is 0 Å². The van der Waals surface area contributed by atoms with Crippen LogP contribution in [0.4, 0.5) is 0 Å². The molecule has 0 radical (unpaired) electrons. The molecule has 2 saturated heterocycles. The first kappa shape index (κ1) is 19.8. The third-order valence-electron chi connectivity index (χ3n) is 5.59. The Morgan fingerprint density at radius 1 is 1.48 bits per heavy atom.